The van der Waals surface area contributed by atoms with Crippen LogP contribution in [0.4, 0.5) is 5.82 Å². The number of rotatable bonds is 6. The van der Waals surface area contributed by atoms with Crippen molar-refractivity contribution in [2.24, 2.45) is 0 Å². The van der Waals surface area contributed by atoms with Gasteiger partial charge >= 0.3 is 0 Å². The van der Waals surface area contributed by atoms with E-state index in [4.69, 9.17) is 0 Å². The third-order valence-electron chi connectivity index (χ3n) is 5.10. The quantitative estimate of drug-likeness (QED) is 0.714. The van der Waals surface area contributed by atoms with Gasteiger partial charge in [-0.2, -0.15) is 0 Å². The van der Waals surface area contributed by atoms with E-state index >= 15 is 0 Å². The van der Waals surface area contributed by atoms with Gasteiger partial charge in [0, 0.05) is 24.8 Å². The number of nitrogens with one attached hydrogen (secondary N) is 1. The van der Waals surface area contributed by atoms with Gasteiger partial charge in [0.1, 0.15) is 0 Å². The standard InChI is InChI=1S/C21H24N6O/c1-2-27-15-20(24-25-27)23-21(28)17-10-8-16(9-11-17)14-26-13-5-7-19(26)18-6-3-4-12-22-18/h3-4,6,8-12,15,19H,2,5,7,13-14H2,1H3,(H,23,28)/t19-/m0/s1. The summed E-state index contributed by atoms with van der Waals surface area (Å²) in [7, 11) is 0. The van der Waals surface area contributed by atoms with Gasteiger partial charge in [-0.1, -0.05) is 23.4 Å². The summed E-state index contributed by atoms with van der Waals surface area (Å²) in [4.78, 5) is 19.4. The topological polar surface area (TPSA) is 75.9 Å². The van der Waals surface area contributed by atoms with Crippen LogP contribution in [-0.2, 0) is 13.1 Å². The number of aryl methyl sites for hydroxylation is 1. The summed E-state index contributed by atoms with van der Waals surface area (Å²) in [5, 5.41) is 10.7. The summed E-state index contributed by atoms with van der Waals surface area (Å²) in [6.45, 7) is 4.61. The molecule has 0 aliphatic carbocycles. The molecule has 1 aromatic carbocycles. The lowest BCUT2D eigenvalue weighted by molar-refractivity contribution is 0.102. The van der Waals surface area contributed by atoms with Crippen LogP contribution < -0.4 is 5.32 Å². The first-order valence-corrected chi connectivity index (χ1v) is 9.68. The van der Waals surface area contributed by atoms with Crippen LogP contribution in [0.2, 0.25) is 0 Å². The maximum absolute atomic E-state index is 12.4. The van der Waals surface area contributed by atoms with E-state index in [9.17, 15) is 4.79 Å². The molecule has 0 radical (unpaired) electrons. The zero-order chi connectivity index (χ0) is 19.3. The third-order valence-corrected chi connectivity index (χ3v) is 5.10. The number of aromatic nitrogens is 4. The first kappa shape index (κ1) is 18.3. The average molecular weight is 376 g/mol. The highest BCUT2D eigenvalue weighted by Crippen LogP contribution is 2.31. The molecule has 0 bridgehead atoms. The number of amides is 1. The summed E-state index contributed by atoms with van der Waals surface area (Å²) in [5.74, 6) is 0.286. The Morgan fingerprint density at radius 2 is 2.07 bits per heavy atom. The molecule has 1 saturated heterocycles. The predicted octanol–water partition coefficient (Wildman–Crippen LogP) is 3.28. The number of nitrogens with zero attached hydrogens (tertiary/aromatic N) is 5. The number of likely N-dealkylation sites (tertiary alicyclic amines) is 1. The number of carbonyl (C=O) groups is 1. The van der Waals surface area contributed by atoms with Gasteiger partial charge in [0.05, 0.1) is 17.9 Å². The second kappa shape index (κ2) is 8.31. The largest absolute Gasteiger partial charge is 0.304 e. The molecule has 1 amide bonds. The normalized spacial score (nSPS) is 17.0. The fourth-order valence-electron chi connectivity index (χ4n) is 3.62. The summed E-state index contributed by atoms with van der Waals surface area (Å²) in [5.41, 5.74) is 2.94. The van der Waals surface area contributed by atoms with E-state index in [0.29, 0.717) is 24.0 Å². The molecule has 4 rings (SSSR count). The highest BCUT2D eigenvalue weighted by Gasteiger charge is 2.26. The molecule has 1 aliphatic rings. The van der Waals surface area contributed by atoms with Gasteiger partial charge in [0.2, 0.25) is 0 Å². The van der Waals surface area contributed by atoms with Crippen LogP contribution in [0.5, 0.6) is 0 Å². The zero-order valence-corrected chi connectivity index (χ0v) is 16.0. The minimum Gasteiger partial charge on any atom is -0.304 e. The molecule has 0 saturated carbocycles. The van der Waals surface area contributed by atoms with Crippen molar-refractivity contribution in [3.63, 3.8) is 0 Å². The van der Waals surface area contributed by atoms with Crippen molar-refractivity contribution in [2.45, 2.75) is 38.9 Å². The molecule has 7 nitrogen and oxygen atoms in total. The minimum atomic E-state index is -0.178. The van der Waals surface area contributed by atoms with Crippen molar-refractivity contribution in [1.29, 1.82) is 0 Å². The fraction of sp³-hybridized carbons (Fsp3) is 0.333. The molecule has 3 aromatic rings. The Morgan fingerprint density at radius 1 is 1.21 bits per heavy atom. The number of anilines is 1. The Kier molecular flexibility index (Phi) is 5.43. The molecule has 3 heterocycles. The van der Waals surface area contributed by atoms with Crippen molar-refractivity contribution in [3.05, 3.63) is 71.7 Å². The summed E-state index contributed by atoms with van der Waals surface area (Å²) < 4.78 is 1.67. The maximum atomic E-state index is 12.4. The molecule has 144 valence electrons. The molecule has 28 heavy (non-hydrogen) atoms. The van der Waals surface area contributed by atoms with Crippen LogP contribution in [0.15, 0.2) is 54.9 Å². The van der Waals surface area contributed by atoms with Crippen LogP contribution in [-0.4, -0.2) is 37.3 Å². The van der Waals surface area contributed by atoms with Crippen molar-refractivity contribution >= 4 is 11.7 Å². The van der Waals surface area contributed by atoms with Gasteiger partial charge in [-0.05, 0) is 56.1 Å². The van der Waals surface area contributed by atoms with Crippen molar-refractivity contribution in [3.8, 4) is 0 Å². The second-order valence-corrected chi connectivity index (χ2v) is 6.99. The van der Waals surface area contributed by atoms with E-state index in [1.54, 1.807) is 10.9 Å². The lowest BCUT2D eigenvalue weighted by atomic mass is 10.1. The Hall–Kier alpha value is -3.06. The summed E-state index contributed by atoms with van der Waals surface area (Å²) >= 11 is 0. The van der Waals surface area contributed by atoms with E-state index in [0.717, 1.165) is 25.2 Å². The van der Waals surface area contributed by atoms with Crippen LogP contribution in [0.3, 0.4) is 0 Å². The summed E-state index contributed by atoms with van der Waals surface area (Å²) in [6.07, 6.45) is 5.89. The molecule has 1 atom stereocenters. The molecule has 1 fully saturated rings. The highest BCUT2D eigenvalue weighted by molar-refractivity contribution is 6.03. The Morgan fingerprint density at radius 3 is 2.79 bits per heavy atom. The highest BCUT2D eigenvalue weighted by atomic mass is 16.1. The second-order valence-electron chi connectivity index (χ2n) is 6.99. The maximum Gasteiger partial charge on any atom is 0.256 e. The van der Waals surface area contributed by atoms with Gasteiger partial charge in [0.15, 0.2) is 5.82 Å². The predicted molar refractivity (Wildman–Crippen MR) is 107 cm³/mol. The SMILES string of the molecule is CCn1cc(NC(=O)c2ccc(CN3CCC[C@H]3c3ccccn3)cc2)nn1. The van der Waals surface area contributed by atoms with E-state index in [1.165, 1.54) is 12.0 Å². The lowest BCUT2D eigenvalue weighted by Gasteiger charge is -2.24. The van der Waals surface area contributed by atoms with E-state index in [-0.39, 0.29) is 5.91 Å². The number of carbonyl (C=O) groups excluding carboxylic acids is 1. The van der Waals surface area contributed by atoms with Gasteiger partial charge in [-0.25, -0.2) is 0 Å². The van der Waals surface area contributed by atoms with Gasteiger partial charge in [-0.3, -0.25) is 19.4 Å². The zero-order valence-electron chi connectivity index (χ0n) is 16.0. The van der Waals surface area contributed by atoms with Gasteiger partial charge in [0.25, 0.3) is 5.91 Å². The Labute approximate surface area is 164 Å². The molecular weight excluding hydrogens is 352 g/mol. The average Bonchev–Trinajstić information content (AvgIpc) is 3.38. The molecule has 0 spiro atoms. The van der Waals surface area contributed by atoms with Crippen molar-refractivity contribution in [2.75, 3.05) is 11.9 Å². The van der Waals surface area contributed by atoms with Crippen molar-refractivity contribution in [1.82, 2.24) is 24.9 Å². The van der Waals surface area contributed by atoms with Crippen LogP contribution in [0.25, 0.3) is 0 Å². The number of benzene rings is 1. The lowest BCUT2D eigenvalue weighted by Crippen LogP contribution is -2.23. The van der Waals surface area contributed by atoms with Crippen molar-refractivity contribution < 1.29 is 4.79 Å². The van der Waals surface area contributed by atoms with E-state index in [1.807, 2.05) is 49.5 Å². The summed E-state index contributed by atoms with van der Waals surface area (Å²) in [6, 6.07) is 14.2. The van der Waals surface area contributed by atoms with E-state index < -0.39 is 0 Å². The molecule has 7 heteroatoms. The minimum absolute atomic E-state index is 0.178. The Balaban J connectivity index is 1.39. The first-order chi connectivity index (χ1) is 13.7. The van der Waals surface area contributed by atoms with Gasteiger partial charge in [-0.15, -0.1) is 5.10 Å². The van der Waals surface area contributed by atoms with Crippen LogP contribution in [0.1, 0.15) is 47.4 Å². The van der Waals surface area contributed by atoms with Crippen LogP contribution >= 0.6 is 0 Å². The Bertz CT molecular complexity index is 922. The first-order valence-electron chi connectivity index (χ1n) is 9.68. The molecule has 2 aromatic heterocycles. The number of pyridine rings is 1. The van der Waals surface area contributed by atoms with E-state index in [2.05, 4.69) is 31.6 Å². The molecular formula is C21H24N6O. The third kappa shape index (κ3) is 4.09. The van der Waals surface area contributed by atoms with Gasteiger partial charge < -0.3 is 5.32 Å². The molecule has 1 N–H and O–H groups in total. The fourth-order valence-corrected chi connectivity index (χ4v) is 3.62. The molecule has 1 aliphatic heterocycles. The number of hydrogen-bond donors (Lipinski definition) is 1. The molecule has 0 unspecified atom stereocenters. The van der Waals surface area contributed by atoms with Crippen LogP contribution in [0, 0.1) is 0 Å². The number of hydrogen-bond acceptors (Lipinski definition) is 5. The smallest absolute Gasteiger partial charge is 0.256 e. The monoisotopic (exact) mass is 376 g/mol.